The fourth-order valence-corrected chi connectivity index (χ4v) is 31.4. The monoisotopic (exact) mass is 552 g/mol. The van der Waals surface area contributed by atoms with Gasteiger partial charge in [0.1, 0.15) is 0 Å². The van der Waals surface area contributed by atoms with Gasteiger partial charge in [0, 0.05) is 0 Å². The van der Waals surface area contributed by atoms with Gasteiger partial charge >= 0.3 is 148 Å². The standard InChI is InChI=1S/C13H9.C6H7.C2H6Si.2ClH.Hf/c1-3-7-12-10(5-1)9-11-6-2-4-8-13(11)12;1-6-4-2-3-5-6;1-3-2;;;/h1-9H;2,4H,3H2,1H3;1-2H3;2*1H;/q;;;;;+2/p-2. The van der Waals surface area contributed by atoms with E-state index < -0.39 is 20.1 Å². The molecule has 2 aromatic rings. The zero-order valence-corrected chi connectivity index (χ0v) is 20.9. The number of hydrogen-bond donors (Lipinski definition) is 0. The number of allylic oxidation sites excluding steroid dienone is 4. The van der Waals surface area contributed by atoms with E-state index in [4.69, 9.17) is 0 Å². The third kappa shape index (κ3) is 3.56. The van der Waals surface area contributed by atoms with Gasteiger partial charge in [-0.05, 0) is 0 Å². The fraction of sp³-hybridized carbons (Fsp3) is 0.238. The summed E-state index contributed by atoms with van der Waals surface area (Å²) < 4.78 is 2.64. The van der Waals surface area contributed by atoms with Gasteiger partial charge in [-0.2, -0.15) is 0 Å². The summed E-state index contributed by atoms with van der Waals surface area (Å²) in [6, 6.07) is 18.4. The number of hydrogen-bond acceptors (Lipinski definition) is 0. The van der Waals surface area contributed by atoms with Gasteiger partial charge in [-0.1, -0.05) is 0 Å². The summed E-state index contributed by atoms with van der Waals surface area (Å²) in [4.78, 5) is 0. The molecule has 2 aliphatic rings. The summed E-state index contributed by atoms with van der Waals surface area (Å²) >= 11 is -1.93. The van der Waals surface area contributed by atoms with E-state index in [1.165, 1.54) is 17.5 Å². The van der Waals surface area contributed by atoms with Crippen molar-refractivity contribution in [3.63, 3.8) is 0 Å². The number of benzene rings is 2. The van der Waals surface area contributed by atoms with Crippen molar-refractivity contribution in [2.24, 2.45) is 0 Å². The third-order valence-electron chi connectivity index (χ3n) is 5.15. The molecule has 4 heteroatoms. The molecular formula is C21H22Cl2HfSi. The summed E-state index contributed by atoms with van der Waals surface area (Å²) in [7, 11) is 0. The first-order valence-electron chi connectivity index (χ1n) is 8.40. The summed E-state index contributed by atoms with van der Waals surface area (Å²) in [6.07, 6.45) is 6.01. The molecule has 128 valence electrons. The largest absolute Gasteiger partial charge is 1.00 e. The third-order valence-corrected chi connectivity index (χ3v) is 31.5. The van der Waals surface area contributed by atoms with Gasteiger partial charge in [-0.25, -0.2) is 0 Å². The first kappa shape index (κ1) is 20.9. The van der Waals surface area contributed by atoms with Crippen LogP contribution in [0.25, 0.3) is 11.1 Å². The van der Waals surface area contributed by atoms with Crippen molar-refractivity contribution in [1.82, 2.24) is 0 Å². The van der Waals surface area contributed by atoms with Crippen LogP contribution in [0.2, 0.25) is 13.1 Å². The van der Waals surface area contributed by atoms with Crippen molar-refractivity contribution in [2.45, 2.75) is 30.1 Å². The van der Waals surface area contributed by atoms with Crippen LogP contribution in [0.4, 0.5) is 0 Å². The minimum Gasteiger partial charge on any atom is -1.00 e. The topological polar surface area (TPSA) is 0 Å². The molecule has 0 unspecified atom stereocenters. The molecule has 0 spiro atoms. The molecule has 0 atom stereocenters. The van der Waals surface area contributed by atoms with Crippen LogP contribution in [0, 0.1) is 0 Å². The Bertz CT molecular complexity index is 847. The molecule has 2 aliphatic carbocycles. The van der Waals surface area contributed by atoms with Crippen LogP contribution >= 0.6 is 0 Å². The average molecular weight is 552 g/mol. The summed E-state index contributed by atoms with van der Waals surface area (Å²) in [6.45, 7) is 7.50. The quantitative estimate of drug-likeness (QED) is 0.457. The van der Waals surface area contributed by atoms with Crippen LogP contribution in [-0.2, 0) is 20.1 Å². The first-order chi connectivity index (χ1) is 11.2. The van der Waals surface area contributed by atoms with Gasteiger partial charge in [0.2, 0.25) is 0 Å². The SMILES string of the molecule is CC1=[C]([Hf+2]([CH]2c3ccccc3-c3ccccc32)=[Si](C)C)CC=C1.[Cl-].[Cl-]. The van der Waals surface area contributed by atoms with Crippen molar-refractivity contribution < 1.29 is 44.9 Å². The first-order valence-corrected chi connectivity index (χ1v) is 20.2. The normalized spacial score (nSPS) is 14.2. The van der Waals surface area contributed by atoms with Crippen LogP contribution in [-0.4, -0.2) is 5.49 Å². The maximum Gasteiger partial charge on any atom is -1.00 e. The van der Waals surface area contributed by atoms with Crippen molar-refractivity contribution in [2.75, 3.05) is 0 Å². The van der Waals surface area contributed by atoms with Gasteiger partial charge in [0.25, 0.3) is 0 Å². The number of halogens is 2. The molecule has 2 aromatic carbocycles. The van der Waals surface area contributed by atoms with Gasteiger partial charge in [-0.3, -0.25) is 0 Å². The summed E-state index contributed by atoms with van der Waals surface area (Å²) in [5, 5.41) is 0. The predicted molar refractivity (Wildman–Crippen MR) is 97.7 cm³/mol. The Labute approximate surface area is 171 Å². The molecule has 0 fully saturated rings. The average Bonchev–Trinajstić information content (AvgIpc) is 3.11. The van der Waals surface area contributed by atoms with E-state index in [0.717, 1.165) is 3.67 Å². The molecule has 25 heavy (non-hydrogen) atoms. The molecule has 0 aliphatic heterocycles. The second-order valence-electron chi connectivity index (χ2n) is 6.79. The van der Waals surface area contributed by atoms with E-state index in [-0.39, 0.29) is 30.3 Å². The molecular weight excluding hydrogens is 530 g/mol. The maximum atomic E-state index is 2.58. The van der Waals surface area contributed by atoms with Crippen molar-refractivity contribution >= 4 is 5.49 Å². The van der Waals surface area contributed by atoms with Crippen LogP contribution in [0.3, 0.4) is 0 Å². The van der Waals surface area contributed by atoms with Crippen LogP contribution < -0.4 is 24.8 Å². The van der Waals surface area contributed by atoms with Crippen molar-refractivity contribution in [1.29, 1.82) is 0 Å². The Kier molecular flexibility index (Phi) is 7.12. The van der Waals surface area contributed by atoms with E-state index in [9.17, 15) is 0 Å². The Balaban J connectivity index is 0.00000113. The smallest absolute Gasteiger partial charge is 1.00 e. The molecule has 0 bridgehead atoms. The summed E-state index contributed by atoms with van der Waals surface area (Å²) in [5.41, 5.74) is 7.63. The maximum absolute atomic E-state index is 2.58. The van der Waals surface area contributed by atoms with E-state index >= 15 is 0 Å². The van der Waals surface area contributed by atoms with Crippen molar-refractivity contribution in [3.8, 4) is 11.1 Å². The van der Waals surface area contributed by atoms with Gasteiger partial charge in [0.15, 0.2) is 0 Å². The second-order valence-corrected chi connectivity index (χ2v) is 31.2. The van der Waals surface area contributed by atoms with Crippen molar-refractivity contribution in [3.05, 3.63) is 80.7 Å². The van der Waals surface area contributed by atoms with E-state index in [1.807, 2.05) is 3.33 Å². The Hall–Kier alpha value is -0.413. The predicted octanol–water partition coefficient (Wildman–Crippen LogP) is -0.132. The van der Waals surface area contributed by atoms with E-state index in [1.54, 1.807) is 16.7 Å². The molecule has 0 aromatic heterocycles. The van der Waals surface area contributed by atoms with Gasteiger partial charge in [0.05, 0.1) is 0 Å². The minimum atomic E-state index is -1.93. The van der Waals surface area contributed by atoms with E-state index in [0.29, 0.717) is 0 Å². The molecule has 4 rings (SSSR count). The van der Waals surface area contributed by atoms with Gasteiger partial charge < -0.3 is 24.8 Å². The van der Waals surface area contributed by atoms with Gasteiger partial charge in [-0.15, -0.1) is 0 Å². The zero-order valence-electron chi connectivity index (χ0n) is 14.8. The second kappa shape index (κ2) is 8.52. The Morgan fingerprint density at radius 1 is 0.880 bits per heavy atom. The van der Waals surface area contributed by atoms with Crippen LogP contribution in [0.15, 0.2) is 69.6 Å². The minimum absolute atomic E-state index is 0. The molecule has 0 nitrogen and oxygen atoms in total. The zero-order chi connectivity index (χ0) is 16.0. The Morgan fingerprint density at radius 3 is 1.84 bits per heavy atom. The Morgan fingerprint density at radius 2 is 1.40 bits per heavy atom. The van der Waals surface area contributed by atoms with Crippen LogP contribution in [0.1, 0.15) is 28.1 Å². The van der Waals surface area contributed by atoms with E-state index in [2.05, 4.69) is 80.7 Å². The number of rotatable bonds is 2. The molecule has 0 heterocycles. The fourth-order valence-electron chi connectivity index (χ4n) is 4.17. The molecule has 0 saturated carbocycles. The molecule has 0 amide bonds. The van der Waals surface area contributed by atoms with Crippen LogP contribution in [0.5, 0.6) is 0 Å². The molecule has 0 N–H and O–H groups in total. The summed E-state index contributed by atoms with van der Waals surface area (Å²) in [5.74, 6) is 0. The molecule has 0 radical (unpaired) electrons. The molecule has 0 saturated heterocycles. The number of fused-ring (bicyclic) bond motifs is 3.